The van der Waals surface area contributed by atoms with Gasteiger partial charge in [-0.15, -0.1) is 0 Å². The van der Waals surface area contributed by atoms with Gasteiger partial charge in [-0.2, -0.15) is 0 Å². The number of unbranched alkanes of at least 4 members (excludes halogenated alkanes) is 3. The lowest BCUT2D eigenvalue weighted by Crippen LogP contribution is -2.03. The van der Waals surface area contributed by atoms with Crippen LogP contribution in [0.25, 0.3) is 0 Å². The molecule has 0 spiro atoms. The molecule has 2 rings (SSSR count). The summed E-state index contributed by atoms with van der Waals surface area (Å²) >= 11 is 0. The molecule has 4 heteroatoms. The first-order chi connectivity index (χ1) is 12.4. The van der Waals surface area contributed by atoms with Crippen LogP contribution in [0.2, 0.25) is 0 Å². The molecule has 0 fully saturated rings. The Morgan fingerprint density at radius 2 is 1.08 bits per heavy atom. The van der Waals surface area contributed by atoms with Crippen molar-refractivity contribution in [2.75, 3.05) is 0 Å². The van der Waals surface area contributed by atoms with Gasteiger partial charge in [-0.1, -0.05) is 48.2 Å². The molecule has 0 bridgehead atoms. The summed E-state index contributed by atoms with van der Waals surface area (Å²) in [6.45, 7) is 3.94. The Bertz CT molecular complexity index is 725. The summed E-state index contributed by atoms with van der Waals surface area (Å²) in [5.74, 6) is -1.75. The molecule has 0 atom stereocenters. The van der Waals surface area contributed by atoms with Crippen molar-refractivity contribution in [3.05, 3.63) is 69.8 Å². The van der Waals surface area contributed by atoms with E-state index in [0.29, 0.717) is 11.1 Å². The number of rotatable bonds is 9. The van der Waals surface area contributed by atoms with Gasteiger partial charge in [0.1, 0.15) is 0 Å². The van der Waals surface area contributed by atoms with Gasteiger partial charge in [-0.25, -0.2) is 9.59 Å². The van der Waals surface area contributed by atoms with Gasteiger partial charge in [-0.05, 0) is 62.8 Å². The number of carbonyl (C=O) groups is 2. The minimum Gasteiger partial charge on any atom is -0.478 e. The molecule has 2 aromatic rings. The molecule has 138 valence electrons. The highest BCUT2D eigenvalue weighted by atomic mass is 16.4. The third-order valence-electron chi connectivity index (χ3n) is 4.62. The van der Waals surface area contributed by atoms with E-state index in [-0.39, 0.29) is 0 Å². The van der Waals surface area contributed by atoms with E-state index in [1.54, 1.807) is 12.1 Å². The van der Waals surface area contributed by atoms with Gasteiger partial charge in [0.05, 0.1) is 11.1 Å². The molecule has 4 nitrogen and oxygen atoms in total. The van der Waals surface area contributed by atoms with Crippen molar-refractivity contribution in [1.29, 1.82) is 0 Å². The molecule has 0 aliphatic heterocycles. The number of hydrogen-bond acceptors (Lipinski definition) is 2. The Kier molecular flexibility index (Phi) is 6.96. The van der Waals surface area contributed by atoms with Crippen molar-refractivity contribution >= 4 is 11.9 Å². The molecule has 2 N–H and O–H groups in total. The van der Waals surface area contributed by atoms with Crippen molar-refractivity contribution < 1.29 is 19.8 Å². The van der Waals surface area contributed by atoms with Crippen LogP contribution in [0.3, 0.4) is 0 Å². The smallest absolute Gasteiger partial charge is 0.335 e. The fourth-order valence-electron chi connectivity index (χ4n) is 3.26. The summed E-state index contributed by atoms with van der Waals surface area (Å²) < 4.78 is 0. The average Bonchev–Trinajstić information content (AvgIpc) is 2.57. The van der Waals surface area contributed by atoms with E-state index in [4.69, 9.17) is 0 Å². The Labute approximate surface area is 154 Å². The molecule has 0 heterocycles. The Morgan fingerprint density at radius 1 is 0.692 bits per heavy atom. The van der Waals surface area contributed by atoms with Crippen LogP contribution in [-0.4, -0.2) is 22.2 Å². The van der Waals surface area contributed by atoms with Crippen molar-refractivity contribution in [3.8, 4) is 0 Å². The molecular formula is C22H26O4. The third kappa shape index (κ3) is 5.45. The summed E-state index contributed by atoms with van der Waals surface area (Å²) in [6, 6.07) is 10.9. The minimum atomic E-state index is -0.874. The first kappa shape index (κ1) is 19.7. The highest BCUT2D eigenvalue weighted by molar-refractivity contribution is 5.90. The van der Waals surface area contributed by atoms with E-state index in [1.807, 2.05) is 38.1 Å². The van der Waals surface area contributed by atoms with E-state index >= 15 is 0 Å². The minimum absolute atomic E-state index is 0.390. The van der Waals surface area contributed by atoms with Crippen LogP contribution in [0.5, 0.6) is 0 Å². The zero-order valence-electron chi connectivity index (χ0n) is 15.4. The van der Waals surface area contributed by atoms with Crippen LogP contribution in [-0.2, 0) is 12.8 Å². The molecule has 0 saturated carbocycles. The van der Waals surface area contributed by atoms with Gasteiger partial charge >= 0.3 is 11.9 Å². The maximum Gasteiger partial charge on any atom is 0.335 e. The van der Waals surface area contributed by atoms with Crippen LogP contribution < -0.4 is 0 Å². The molecule has 0 aliphatic carbocycles. The normalized spacial score (nSPS) is 10.7. The lowest BCUT2D eigenvalue weighted by Gasteiger charge is -2.09. The molecule has 2 aromatic carbocycles. The Morgan fingerprint density at radius 3 is 1.42 bits per heavy atom. The zero-order valence-corrected chi connectivity index (χ0v) is 15.4. The van der Waals surface area contributed by atoms with Crippen LogP contribution in [0.1, 0.15) is 68.7 Å². The quantitative estimate of drug-likeness (QED) is 0.618. The summed E-state index contributed by atoms with van der Waals surface area (Å²) in [5.41, 5.74) is 4.72. The number of aryl methyl sites for hydroxylation is 4. The van der Waals surface area contributed by atoms with Gasteiger partial charge in [0.25, 0.3) is 0 Å². The largest absolute Gasteiger partial charge is 0.478 e. The van der Waals surface area contributed by atoms with E-state index in [2.05, 4.69) is 0 Å². The van der Waals surface area contributed by atoms with Gasteiger partial charge in [0.2, 0.25) is 0 Å². The van der Waals surface area contributed by atoms with Crippen LogP contribution in [0.4, 0.5) is 0 Å². The van der Waals surface area contributed by atoms with Crippen LogP contribution >= 0.6 is 0 Å². The molecule has 0 radical (unpaired) electrons. The lowest BCUT2D eigenvalue weighted by molar-refractivity contribution is 0.0684. The number of benzene rings is 2. The highest BCUT2D eigenvalue weighted by Crippen LogP contribution is 2.18. The standard InChI is InChI=1S/C22H26O4/c1-15-9-11-19(21(23)24)17(13-15)7-5-3-4-6-8-18-14-16(2)10-12-20(18)22(25)26/h9-14H,3-8H2,1-2H3,(H,23,24)(H,25,26). The van der Waals surface area contributed by atoms with Gasteiger partial charge in [-0.3, -0.25) is 0 Å². The van der Waals surface area contributed by atoms with Crippen molar-refractivity contribution in [3.63, 3.8) is 0 Å². The zero-order chi connectivity index (χ0) is 19.1. The fourth-order valence-corrected chi connectivity index (χ4v) is 3.26. The van der Waals surface area contributed by atoms with Crippen molar-refractivity contribution in [2.45, 2.75) is 52.4 Å². The molecule has 0 amide bonds. The summed E-state index contributed by atoms with van der Waals surface area (Å²) in [6.07, 6.45) is 5.39. The monoisotopic (exact) mass is 354 g/mol. The molecule has 0 aromatic heterocycles. The summed E-state index contributed by atoms with van der Waals surface area (Å²) in [5, 5.41) is 18.5. The molecule has 26 heavy (non-hydrogen) atoms. The second-order valence-corrected chi connectivity index (χ2v) is 6.85. The first-order valence-corrected chi connectivity index (χ1v) is 9.04. The molecule has 0 aliphatic rings. The summed E-state index contributed by atoms with van der Waals surface area (Å²) in [4.78, 5) is 22.6. The fraction of sp³-hybridized carbons (Fsp3) is 0.364. The van der Waals surface area contributed by atoms with E-state index < -0.39 is 11.9 Å². The van der Waals surface area contributed by atoms with Crippen molar-refractivity contribution in [1.82, 2.24) is 0 Å². The number of carboxylic acids is 2. The van der Waals surface area contributed by atoms with Crippen molar-refractivity contribution in [2.24, 2.45) is 0 Å². The Hall–Kier alpha value is -2.62. The Balaban J connectivity index is 1.82. The highest BCUT2D eigenvalue weighted by Gasteiger charge is 2.11. The van der Waals surface area contributed by atoms with Gasteiger partial charge in [0, 0.05) is 0 Å². The second-order valence-electron chi connectivity index (χ2n) is 6.85. The maximum absolute atomic E-state index is 11.3. The van der Waals surface area contributed by atoms with Gasteiger partial charge < -0.3 is 10.2 Å². The predicted octanol–water partition coefficient (Wildman–Crippen LogP) is 5.05. The topological polar surface area (TPSA) is 74.6 Å². The average molecular weight is 354 g/mol. The molecule has 0 unspecified atom stereocenters. The number of carboxylic acid groups (broad SMARTS) is 2. The number of hydrogen-bond donors (Lipinski definition) is 2. The van der Waals surface area contributed by atoms with E-state index in [0.717, 1.165) is 60.8 Å². The predicted molar refractivity (Wildman–Crippen MR) is 102 cm³/mol. The molecular weight excluding hydrogens is 328 g/mol. The van der Waals surface area contributed by atoms with E-state index in [1.165, 1.54) is 0 Å². The summed E-state index contributed by atoms with van der Waals surface area (Å²) in [7, 11) is 0. The van der Waals surface area contributed by atoms with E-state index in [9.17, 15) is 19.8 Å². The molecule has 0 saturated heterocycles. The second kappa shape index (κ2) is 9.18. The number of aromatic carboxylic acids is 2. The SMILES string of the molecule is Cc1ccc(C(=O)O)c(CCCCCCc2cc(C)ccc2C(=O)O)c1. The third-order valence-corrected chi connectivity index (χ3v) is 4.62. The maximum atomic E-state index is 11.3. The first-order valence-electron chi connectivity index (χ1n) is 9.04. The van der Waals surface area contributed by atoms with Crippen LogP contribution in [0, 0.1) is 13.8 Å². The lowest BCUT2D eigenvalue weighted by atomic mass is 9.96. The van der Waals surface area contributed by atoms with Crippen LogP contribution in [0.15, 0.2) is 36.4 Å². The van der Waals surface area contributed by atoms with Gasteiger partial charge in [0.15, 0.2) is 0 Å².